The van der Waals surface area contributed by atoms with Gasteiger partial charge in [-0.05, 0) is 80.1 Å². The Bertz CT molecular complexity index is 1540. The molecule has 3 aliphatic rings. The van der Waals surface area contributed by atoms with Gasteiger partial charge in [0, 0.05) is 37.2 Å². The third-order valence-electron chi connectivity index (χ3n) is 10.4. The molecular formula is C40H52N4O6. The number of urea groups is 1. The highest BCUT2D eigenvalue weighted by atomic mass is 16.7. The Morgan fingerprint density at radius 2 is 1.62 bits per heavy atom. The minimum absolute atomic E-state index is 0.0112. The zero-order valence-electron chi connectivity index (χ0n) is 29.4. The maximum Gasteiger partial charge on any atom is 0.325 e. The molecule has 50 heavy (non-hydrogen) atoms. The molecule has 268 valence electrons. The normalized spacial score (nSPS) is 24.3. The molecule has 0 spiro atoms. The van der Waals surface area contributed by atoms with E-state index in [0.29, 0.717) is 12.6 Å². The first kappa shape index (κ1) is 36.0. The summed E-state index contributed by atoms with van der Waals surface area (Å²) in [7, 11) is 0. The average molecular weight is 685 g/mol. The highest BCUT2D eigenvalue weighted by molar-refractivity contribution is 5.81. The van der Waals surface area contributed by atoms with Gasteiger partial charge < -0.3 is 34.9 Å². The lowest BCUT2D eigenvalue weighted by Crippen LogP contribution is -2.48. The molecule has 0 aromatic heterocycles. The standard InChI is InChI=1S/C40H52N4O6/c1-3-48-37(46)24-42-40(47)41-23-33-9-4-5-11-35(33)30-16-18-32(19-17-30)39-49-36(26-44-22-8-10-34(44)25-43-20-6-7-21-43)28(2)38(50-39)31-14-12-29(27-45)13-15-31/h4-5,9,11-19,28,34,36,38-39,45H,3,6-8,10,20-27H2,1-2H3,(H2,41,42,47). The van der Waals surface area contributed by atoms with E-state index < -0.39 is 18.3 Å². The van der Waals surface area contributed by atoms with Crippen molar-refractivity contribution in [2.75, 3.05) is 45.9 Å². The van der Waals surface area contributed by atoms with Crippen LogP contribution in [0.4, 0.5) is 4.79 Å². The predicted octanol–water partition coefficient (Wildman–Crippen LogP) is 5.56. The van der Waals surface area contributed by atoms with Crippen molar-refractivity contribution in [3.8, 4) is 11.1 Å². The Labute approximate surface area is 296 Å². The number of hydrogen-bond donors (Lipinski definition) is 3. The van der Waals surface area contributed by atoms with Gasteiger partial charge in [-0.25, -0.2) is 4.79 Å². The van der Waals surface area contributed by atoms with Crippen LogP contribution in [0.2, 0.25) is 0 Å². The lowest BCUT2D eigenvalue weighted by atomic mass is 9.89. The average Bonchev–Trinajstić information content (AvgIpc) is 3.83. The summed E-state index contributed by atoms with van der Waals surface area (Å²) >= 11 is 0. The van der Waals surface area contributed by atoms with Gasteiger partial charge in [-0.2, -0.15) is 0 Å². The number of aliphatic hydroxyl groups is 1. The van der Waals surface area contributed by atoms with E-state index in [0.717, 1.165) is 53.0 Å². The molecule has 6 rings (SSSR count). The van der Waals surface area contributed by atoms with Gasteiger partial charge in [-0.3, -0.25) is 9.69 Å². The van der Waals surface area contributed by atoms with Crippen molar-refractivity contribution >= 4 is 12.0 Å². The fourth-order valence-electron chi connectivity index (χ4n) is 7.54. The first-order chi connectivity index (χ1) is 24.4. The van der Waals surface area contributed by atoms with Gasteiger partial charge in [0.1, 0.15) is 6.54 Å². The van der Waals surface area contributed by atoms with Gasteiger partial charge in [0.25, 0.3) is 0 Å². The van der Waals surface area contributed by atoms with Crippen LogP contribution >= 0.6 is 0 Å². The number of esters is 1. The smallest absolute Gasteiger partial charge is 0.325 e. The fraction of sp³-hybridized carbons (Fsp3) is 0.500. The van der Waals surface area contributed by atoms with Gasteiger partial charge in [-0.1, -0.05) is 79.7 Å². The molecule has 0 radical (unpaired) electrons. The number of carbonyl (C=O) groups excluding carboxylic acids is 2. The van der Waals surface area contributed by atoms with Crippen molar-refractivity contribution in [2.45, 2.75) is 77.2 Å². The highest BCUT2D eigenvalue weighted by Gasteiger charge is 2.41. The van der Waals surface area contributed by atoms with Crippen LogP contribution in [0.5, 0.6) is 0 Å². The lowest BCUT2D eigenvalue weighted by Gasteiger charge is -2.43. The van der Waals surface area contributed by atoms with Crippen molar-refractivity contribution < 1.29 is 28.9 Å². The number of nitrogens with zero attached hydrogens (tertiary/aromatic N) is 2. The molecule has 2 amide bonds. The molecule has 0 aliphatic carbocycles. The van der Waals surface area contributed by atoms with Crippen LogP contribution in [0, 0.1) is 5.92 Å². The van der Waals surface area contributed by atoms with Crippen molar-refractivity contribution in [3.05, 3.63) is 95.1 Å². The quantitative estimate of drug-likeness (QED) is 0.201. The largest absolute Gasteiger partial charge is 0.465 e. The molecule has 10 nitrogen and oxygen atoms in total. The molecule has 0 bridgehead atoms. The molecule has 3 aromatic carbocycles. The number of aliphatic hydroxyl groups excluding tert-OH is 1. The fourth-order valence-corrected chi connectivity index (χ4v) is 7.54. The molecule has 3 heterocycles. The van der Waals surface area contributed by atoms with Crippen LogP contribution in [0.25, 0.3) is 11.1 Å². The predicted molar refractivity (Wildman–Crippen MR) is 192 cm³/mol. The monoisotopic (exact) mass is 684 g/mol. The Balaban J connectivity index is 1.17. The summed E-state index contributed by atoms with van der Waals surface area (Å²) in [6.45, 7) is 9.90. The van der Waals surface area contributed by atoms with E-state index in [4.69, 9.17) is 14.2 Å². The number of amides is 2. The highest BCUT2D eigenvalue weighted by Crippen LogP contribution is 2.42. The summed E-state index contributed by atoms with van der Waals surface area (Å²) in [5.74, 6) is -0.342. The number of likely N-dealkylation sites (tertiary alicyclic amines) is 2. The number of nitrogens with one attached hydrogen (secondary N) is 2. The minimum atomic E-state index is -0.535. The first-order valence-electron chi connectivity index (χ1n) is 18.2. The van der Waals surface area contributed by atoms with Crippen LogP contribution in [-0.2, 0) is 32.2 Å². The number of ether oxygens (including phenoxy) is 3. The summed E-state index contributed by atoms with van der Waals surface area (Å²) in [4.78, 5) is 29.2. The maximum atomic E-state index is 12.3. The van der Waals surface area contributed by atoms with E-state index in [2.05, 4.69) is 63.8 Å². The molecular weight excluding hydrogens is 632 g/mol. The number of rotatable bonds is 13. The van der Waals surface area contributed by atoms with Gasteiger partial charge in [-0.15, -0.1) is 0 Å². The zero-order chi connectivity index (χ0) is 34.9. The van der Waals surface area contributed by atoms with E-state index in [1.807, 2.05) is 36.4 Å². The van der Waals surface area contributed by atoms with Crippen LogP contribution in [0.3, 0.4) is 0 Å². The van der Waals surface area contributed by atoms with Crippen LogP contribution < -0.4 is 10.6 Å². The van der Waals surface area contributed by atoms with Gasteiger partial charge in [0.15, 0.2) is 6.29 Å². The second kappa shape index (κ2) is 17.4. The minimum Gasteiger partial charge on any atom is -0.465 e. The van der Waals surface area contributed by atoms with Crippen LogP contribution in [0.15, 0.2) is 72.8 Å². The summed E-state index contributed by atoms with van der Waals surface area (Å²) < 4.78 is 18.5. The van der Waals surface area contributed by atoms with E-state index >= 15 is 0 Å². The van der Waals surface area contributed by atoms with Gasteiger partial charge in [0.2, 0.25) is 0 Å². The van der Waals surface area contributed by atoms with Crippen LogP contribution in [-0.4, -0.2) is 84.9 Å². The van der Waals surface area contributed by atoms with Crippen LogP contribution in [0.1, 0.15) is 74.2 Å². The number of carbonyl (C=O) groups is 2. The molecule has 3 saturated heterocycles. The van der Waals surface area contributed by atoms with E-state index in [1.165, 1.54) is 38.8 Å². The Morgan fingerprint density at radius 3 is 2.36 bits per heavy atom. The lowest BCUT2D eigenvalue weighted by molar-refractivity contribution is -0.276. The summed E-state index contributed by atoms with van der Waals surface area (Å²) in [6, 6.07) is 24.5. The SMILES string of the molecule is CCOC(=O)CNC(=O)NCc1ccccc1-c1ccc(C2OC(CN3CCCC3CN3CCCC3)C(C)C(c3ccc(CO)cc3)O2)cc1. The summed E-state index contributed by atoms with van der Waals surface area (Å²) in [5.41, 5.74) is 5.88. The molecule has 10 heteroatoms. The molecule has 5 unspecified atom stereocenters. The number of hydrogen-bond acceptors (Lipinski definition) is 8. The molecule has 3 aromatic rings. The summed E-state index contributed by atoms with van der Waals surface area (Å²) in [5, 5.41) is 15.0. The first-order valence-corrected chi connectivity index (χ1v) is 18.2. The third-order valence-corrected chi connectivity index (χ3v) is 10.4. The van der Waals surface area contributed by atoms with E-state index in [9.17, 15) is 14.7 Å². The maximum absolute atomic E-state index is 12.3. The Kier molecular flexibility index (Phi) is 12.5. The van der Waals surface area contributed by atoms with E-state index in [-0.39, 0.29) is 37.9 Å². The molecule has 3 N–H and O–H groups in total. The number of benzene rings is 3. The van der Waals surface area contributed by atoms with Crippen molar-refractivity contribution in [1.29, 1.82) is 0 Å². The second-order valence-corrected chi connectivity index (χ2v) is 13.7. The summed E-state index contributed by atoms with van der Waals surface area (Å²) in [6.07, 6.45) is 4.37. The second-order valence-electron chi connectivity index (χ2n) is 13.7. The van der Waals surface area contributed by atoms with Gasteiger partial charge in [0.05, 0.1) is 25.4 Å². The third kappa shape index (κ3) is 9.10. The zero-order valence-corrected chi connectivity index (χ0v) is 29.4. The van der Waals surface area contributed by atoms with E-state index in [1.54, 1.807) is 6.92 Å². The van der Waals surface area contributed by atoms with Gasteiger partial charge >= 0.3 is 12.0 Å². The Morgan fingerprint density at radius 1 is 0.880 bits per heavy atom. The van der Waals surface area contributed by atoms with Crippen molar-refractivity contribution in [1.82, 2.24) is 20.4 Å². The molecule has 0 saturated carbocycles. The molecule has 3 aliphatic heterocycles. The molecule has 3 fully saturated rings. The Hall–Kier alpha value is -3.80. The molecule has 5 atom stereocenters. The topological polar surface area (TPSA) is 113 Å². The van der Waals surface area contributed by atoms with Crippen molar-refractivity contribution in [2.24, 2.45) is 5.92 Å². The van der Waals surface area contributed by atoms with Crippen molar-refractivity contribution in [3.63, 3.8) is 0 Å².